The van der Waals surface area contributed by atoms with Crippen LogP contribution in [0, 0.1) is 16.2 Å². The second-order valence-corrected chi connectivity index (χ2v) is 5.76. The van der Waals surface area contributed by atoms with E-state index < -0.39 is 0 Å². The normalized spacial score (nSPS) is 44.0. The third kappa shape index (κ3) is 0.958. The van der Waals surface area contributed by atoms with Crippen molar-refractivity contribution in [1.82, 2.24) is 0 Å². The van der Waals surface area contributed by atoms with E-state index in [4.69, 9.17) is 5.73 Å². The van der Waals surface area contributed by atoms with E-state index in [0.29, 0.717) is 16.2 Å². The van der Waals surface area contributed by atoms with Gasteiger partial charge in [0.25, 0.3) is 0 Å². The van der Waals surface area contributed by atoms with Crippen molar-refractivity contribution in [1.29, 1.82) is 0 Å². The van der Waals surface area contributed by atoms with Gasteiger partial charge in [-0.2, -0.15) is 0 Å². The smallest absolute Gasteiger partial charge is 0.00199 e. The van der Waals surface area contributed by atoms with Gasteiger partial charge < -0.3 is 5.73 Å². The molecular formula is C10H20ClN. The second-order valence-electron chi connectivity index (χ2n) is 5.76. The maximum absolute atomic E-state index is 5.71. The lowest BCUT2D eigenvalue weighted by atomic mass is 9.29. The van der Waals surface area contributed by atoms with Crippen LogP contribution in [0.5, 0.6) is 0 Å². The Kier molecular flexibility index (Phi) is 2.06. The highest BCUT2D eigenvalue weighted by Gasteiger charge is 2.70. The third-order valence-electron chi connectivity index (χ3n) is 4.16. The third-order valence-corrected chi connectivity index (χ3v) is 4.16. The summed E-state index contributed by atoms with van der Waals surface area (Å²) < 4.78 is 0. The Hall–Kier alpha value is 0.250. The lowest BCUT2D eigenvalue weighted by Crippen LogP contribution is -2.69. The van der Waals surface area contributed by atoms with E-state index in [2.05, 4.69) is 20.8 Å². The van der Waals surface area contributed by atoms with Crippen molar-refractivity contribution in [2.45, 2.75) is 40.0 Å². The summed E-state index contributed by atoms with van der Waals surface area (Å²) in [5.41, 5.74) is 7.52. The van der Waals surface area contributed by atoms with Crippen LogP contribution in [0.4, 0.5) is 0 Å². The molecule has 0 heterocycles. The predicted molar refractivity (Wildman–Crippen MR) is 54.5 cm³/mol. The SMILES string of the molecule is CC(C)(C)C12CC(CN)(C1)C2.Cl. The summed E-state index contributed by atoms with van der Waals surface area (Å²) in [5, 5.41) is 0. The zero-order chi connectivity index (χ0) is 8.33. The molecular weight excluding hydrogens is 170 g/mol. The fourth-order valence-corrected chi connectivity index (χ4v) is 3.01. The number of hydrogen-bond acceptors (Lipinski definition) is 1. The summed E-state index contributed by atoms with van der Waals surface area (Å²) in [7, 11) is 0. The van der Waals surface area contributed by atoms with E-state index in [-0.39, 0.29) is 12.4 Å². The Morgan fingerprint density at radius 1 is 1.17 bits per heavy atom. The molecule has 0 spiro atoms. The van der Waals surface area contributed by atoms with Crippen molar-refractivity contribution in [3.05, 3.63) is 0 Å². The molecule has 3 aliphatic rings. The standard InChI is InChI=1S/C10H19N.ClH/c1-8(2,3)10-4-9(5-10,6-10)7-11;/h4-7,11H2,1-3H3;1H. The van der Waals surface area contributed by atoms with Crippen LogP contribution in [0.3, 0.4) is 0 Å². The molecule has 1 nitrogen and oxygen atoms in total. The first-order valence-electron chi connectivity index (χ1n) is 4.63. The van der Waals surface area contributed by atoms with Crippen molar-refractivity contribution in [3.63, 3.8) is 0 Å². The molecule has 12 heavy (non-hydrogen) atoms. The zero-order valence-electron chi connectivity index (χ0n) is 8.31. The van der Waals surface area contributed by atoms with Crippen LogP contribution >= 0.6 is 12.4 Å². The summed E-state index contributed by atoms with van der Waals surface area (Å²) >= 11 is 0. The van der Waals surface area contributed by atoms with Crippen molar-refractivity contribution in [3.8, 4) is 0 Å². The van der Waals surface area contributed by atoms with Crippen LogP contribution in [-0.2, 0) is 0 Å². The van der Waals surface area contributed by atoms with Gasteiger partial charge in [-0.1, -0.05) is 20.8 Å². The van der Waals surface area contributed by atoms with Gasteiger partial charge in [0, 0.05) is 0 Å². The average molecular weight is 190 g/mol. The summed E-state index contributed by atoms with van der Waals surface area (Å²) in [6.07, 6.45) is 4.21. The van der Waals surface area contributed by atoms with Crippen molar-refractivity contribution < 1.29 is 0 Å². The summed E-state index contributed by atoms with van der Waals surface area (Å²) in [5.74, 6) is 0. The minimum Gasteiger partial charge on any atom is -0.330 e. The minimum atomic E-state index is 0. The minimum absolute atomic E-state index is 0. The molecule has 2 N–H and O–H groups in total. The van der Waals surface area contributed by atoms with Crippen molar-refractivity contribution >= 4 is 12.4 Å². The average Bonchev–Trinajstić information content (AvgIpc) is 1.53. The topological polar surface area (TPSA) is 26.0 Å². The second kappa shape index (κ2) is 2.39. The summed E-state index contributed by atoms with van der Waals surface area (Å²) in [4.78, 5) is 0. The first kappa shape index (κ1) is 10.3. The van der Waals surface area contributed by atoms with E-state index in [9.17, 15) is 0 Å². The monoisotopic (exact) mass is 189 g/mol. The van der Waals surface area contributed by atoms with Gasteiger partial charge in [-0.15, -0.1) is 12.4 Å². The highest BCUT2D eigenvalue weighted by molar-refractivity contribution is 5.85. The summed E-state index contributed by atoms with van der Waals surface area (Å²) in [6.45, 7) is 8.02. The Bertz CT molecular complexity index is 173. The molecule has 0 aromatic heterocycles. The lowest BCUT2D eigenvalue weighted by Gasteiger charge is -2.75. The van der Waals surface area contributed by atoms with Gasteiger partial charge in [-0.25, -0.2) is 0 Å². The van der Waals surface area contributed by atoms with E-state index >= 15 is 0 Å². The number of hydrogen-bond donors (Lipinski definition) is 1. The molecule has 0 saturated heterocycles. The zero-order valence-corrected chi connectivity index (χ0v) is 9.13. The van der Waals surface area contributed by atoms with Gasteiger partial charge >= 0.3 is 0 Å². The van der Waals surface area contributed by atoms with E-state index in [0.717, 1.165) is 6.54 Å². The molecule has 2 heteroatoms. The molecule has 0 radical (unpaired) electrons. The van der Waals surface area contributed by atoms with Gasteiger partial charge in [-0.05, 0) is 42.1 Å². The van der Waals surface area contributed by atoms with Crippen LogP contribution in [0.25, 0.3) is 0 Å². The highest BCUT2D eigenvalue weighted by atomic mass is 35.5. The Morgan fingerprint density at radius 2 is 1.58 bits per heavy atom. The van der Waals surface area contributed by atoms with Gasteiger partial charge in [-0.3, -0.25) is 0 Å². The molecule has 3 rings (SSSR count). The van der Waals surface area contributed by atoms with Crippen molar-refractivity contribution in [2.75, 3.05) is 6.54 Å². The lowest BCUT2D eigenvalue weighted by molar-refractivity contribution is -0.252. The molecule has 0 aromatic carbocycles. The molecule has 0 unspecified atom stereocenters. The molecule has 2 bridgehead atoms. The molecule has 3 saturated carbocycles. The number of nitrogens with two attached hydrogens (primary N) is 1. The van der Waals surface area contributed by atoms with E-state index in [1.807, 2.05) is 0 Å². The van der Waals surface area contributed by atoms with E-state index in [1.165, 1.54) is 19.3 Å². The van der Waals surface area contributed by atoms with Crippen LogP contribution in [0.2, 0.25) is 0 Å². The number of halogens is 1. The van der Waals surface area contributed by atoms with Crippen molar-refractivity contribution in [2.24, 2.45) is 22.0 Å². The predicted octanol–water partition coefficient (Wildman–Crippen LogP) is 2.58. The Labute approximate surface area is 81.5 Å². The maximum atomic E-state index is 5.71. The molecule has 72 valence electrons. The highest BCUT2D eigenvalue weighted by Crippen LogP contribution is 2.78. The maximum Gasteiger partial charge on any atom is -0.00199 e. The van der Waals surface area contributed by atoms with Crippen LogP contribution in [0.1, 0.15) is 40.0 Å². The molecule has 0 aliphatic heterocycles. The first-order chi connectivity index (χ1) is 4.93. The van der Waals surface area contributed by atoms with Crippen LogP contribution < -0.4 is 5.73 Å². The fourth-order valence-electron chi connectivity index (χ4n) is 3.01. The fraction of sp³-hybridized carbons (Fsp3) is 1.00. The molecule has 0 atom stereocenters. The largest absolute Gasteiger partial charge is 0.330 e. The molecule has 3 fully saturated rings. The van der Waals surface area contributed by atoms with E-state index in [1.54, 1.807) is 0 Å². The molecule has 0 aromatic rings. The van der Waals surface area contributed by atoms with Gasteiger partial charge in [0.2, 0.25) is 0 Å². The molecule has 0 amide bonds. The first-order valence-corrected chi connectivity index (χ1v) is 4.63. The quantitative estimate of drug-likeness (QED) is 0.675. The van der Waals surface area contributed by atoms with Gasteiger partial charge in [0.05, 0.1) is 0 Å². The van der Waals surface area contributed by atoms with Crippen LogP contribution in [0.15, 0.2) is 0 Å². The van der Waals surface area contributed by atoms with Crippen LogP contribution in [-0.4, -0.2) is 6.54 Å². The summed E-state index contributed by atoms with van der Waals surface area (Å²) in [6, 6.07) is 0. The van der Waals surface area contributed by atoms with Gasteiger partial charge in [0.15, 0.2) is 0 Å². The Morgan fingerprint density at radius 3 is 1.83 bits per heavy atom. The molecule has 3 aliphatic carbocycles. The number of rotatable bonds is 1. The Balaban J connectivity index is 0.000000720. The van der Waals surface area contributed by atoms with Gasteiger partial charge in [0.1, 0.15) is 0 Å².